The Bertz CT molecular complexity index is 368. The highest BCUT2D eigenvalue weighted by atomic mass is 16.5. The van der Waals surface area contributed by atoms with Crippen LogP contribution in [-0.2, 0) is 19.1 Å². The molecule has 0 aromatic carbocycles. The normalized spacial score (nSPS) is 10.8. The lowest BCUT2D eigenvalue weighted by Crippen LogP contribution is -2.08. The second-order valence-electron chi connectivity index (χ2n) is 8.24. The number of carbonyl (C=O) groups is 2. The molecule has 0 aliphatic carbocycles. The van der Waals surface area contributed by atoms with Gasteiger partial charge in [0, 0.05) is 12.8 Å². The molecular weight excluding hydrogens is 364 g/mol. The zero-order valence-corrected chi connectivity index (χ0v) is 19.5. The van der Waals surface area contributed by atoms with Crippen molar-refractivity contribution in [2.45, 2.75) is 136 Å². The largest absolute Gasteiger partial charge is 0.466 e. The van der Waals surface area contributed by atoms with Crippen LogP contribution < -0.4 is 0 Å². The van der Waals surface area contributed by atoms with E-state index in [2.05, 4.69) is 13.8 Å². The number of esters is 2. The molecule has 0 saturated heterocycles. The van der Waals surface area contributed by atoms with Crippen LogP contribution in [-0.4, -0.2) is 25.2 Å². The molecule has 0 aliphatic heterocycles. The average Bonchev–Trinajstić information content (AvgIpc) is 2.72. The Hall–Kier alpha value is -1.06. The predicted octanol–water partition coefficient (Wildman–Crippen LogP) is 7.52. The highest BCUT2D eigenvalue weighted by Gasteiger charge is 2.06. The van der Waals surface area contributed by atoms with Crippen LogP contribution in [0.2, 0.25) is 0 Å². The Morgan fingerprint density at radius 1 is 0.448 bits per heavy atom. The first-order chi connectivity index (χ1) is 14.2. The molecule has 0 N–H and O–H groups in total. The van der Waals surface area contributed by atoms with Gasteiger partial charge in [-0.2, -0.15) is 0 Å². The van der Waals surface area contributed by atoms with Gasteiger partial charge in [-0.25, -0.2) is 0 Å². The number of rotatable bonds is 22. The van der Waals surface area contributed by atoms with Gasteiger partial charge in [0.2, 0.25) is 0 Å². The van der Waals surface area contributed by atoms with E-state index in [0.29, 0.717) is 38.9 Å². The van der Waals surface area contributed by atoms with E-state index in [1.54, 1.807) is 0 Å². The van der Waals surface area contributed by atoms with E-state index < -0.39 is 0 Å². The fourth-order valence-electron chi connectivity index (χ4n) is 3.35. The zero-order chi connectivity index (χ0) is 21.4. The second kappa shape index (κ2) is 23.2. The van der Waals surface area contributed by atoms with E-state index in [-0.39, 0.29) is 11.9 Å². The molecule has 4 heteroatoms. The van der Waals surface area contributed by atoms with Crippen LogP contribution in [0.5, 0.6) is 0 Å². The SMILES string of the molecule is CCCCCCCCCCCCCCOC(=O)CCCCC(=O)OCCCCC. The molecule has 0 aliphatic rings. The van der Waals surface area contributed by atoms with Gasteiger partial charge in [-0.05, 0) is 25.7 Å². The molecule has 0 heterocycles. The van der Waals surface area contributed by atoms with E-state index in [0.717, 1.165) is 32.1 Å². The van der Waals surface area contributed by atoms with Gasteiger partial charge in [-0.1, -0.05) is 97.3 Å². The van der Waals surface area contributed by atoms with Crippen LogP contribution in [0.4, 0.5) is 0 Å². The summed E-state index contributed by atoms with van der Waals surface area (Å²) in [6, 6.07) is 0. The second-order valence-corrected chi connectivity index (χ2v) is 8.24. The third-order valence-electron chi connectivity index (χ3n) is 5.28. The van der Waals surface area contributed by atoms with Crippen LogP contribution in [0.3, 0.4) is 0 Å². The van der Waals surface area contributed by atoms with Gasteiger partial charge in [-0.3, -0.25) is 9.59 Å². The summed E-state index contributed by atoms with van der Waals surface area (Å²) in [5.74, 6) is -0.282. The van der Waals surface area contributed by atoms with Crippen molar-refractivity contribution in [1.82, 2.24) is 0 Å². The van der Waals surface area contributed by atoms with E-state index >= 15 is 0 Å². The number of hydrogen-bond acceptors (Lipinski definition) is 4. The van der Waals surface area contributed by atoms with Crippen LogP contribution in [0.15, 0.2) is 0 Å². The van der Waals surface area contributed by atoms with Gasteiger partial charge in [0.05, 0.1) is 13.2 Å². The fraction of sp³-hybridized carbons (Fsp3) is 0.920. The Morgan fingerprint density at radius 2 is 0.759 bits per heavy atom. The summed E-state index contributed by atoms with van der Waals surface area (Å²) >= 11 is 0. The van der Waals surface area contributed by atoms with Crippen molar-refractivity contribution in [3.63, 3.8) is 0 Å². The number of hydrogen-bond donors (Lipinski definition) is 0. The van der Waals surface area contributed by atoms with E-state index in [4.69, 9.17) is 9.47 Å². The van der Waals surface area contributed by atoms with Crippen LogP contribution in [0.25, 0.3) is 0 Å². The molecule has 0 unspecified atom stereocenters. The smallest absolute Gasteiger partial charge is 0.305 e. The van der Waals surface area contributed by atoms with E-state index in [9.17, 15) is 9.59 Å². The van der Waals surface area contributed by atoms with E-state index in [1.165, 1.54) is 64.2 Å². The maximum Gasteiger partial charge on any atom is 0.305 e. The van der Waals surface area contributed by atoms with Gasteiger partial charge in [0.15, 0.2) is 0 Å². The highest BCUT2D eigenvalue weighted by molar-refractivity contribution is 5.70. The van der Waals surface area contributed by atoms with Gasteiger partial charge >= 0.3 is 11.9 Å². The van der Waals surface area contributed by atoms with Crippen LogP contribution in [0, 0.1) is 0 Å². The molecule has 0 bridgehead atoms. The van der Waals surface area contributed by atoms with Gasteiger partial charge in [0.25, 0.3) is 0 Å². The predicted molar refractivity (Wildman–Crippen MR) is 121 cm³/mol. The zero-order valence-electron chi connectivity index (χ0n) is 19.5. The molecule has 0 amide bonds. The number of unbranched alkanes of at least 4 members (excludes halogenated alkanes) is 14. The molecule has 4 nitrogen and oxygen atoms in total. The standard InChI is InChI=1S/C25H48O4/c1-3-5-7-8-9-10-11-12-13-14-15-19-23-29-25(27)21-17-16-20-24(26)28-22-18-6-4-2/h3-23H2,1-2H3. The molecule has 0 fully saturated rings. The maximum absolute atomic E-state index is 11.7. The molecule has 0 rings (SSSR count). The molecule has 0 aromatic heterocycles. The Balaban J connectivity index is 3.25. The lowest BCUT2D eigenvalue weighted by atomic mass is 10.1. The van der Waals surface area contributed by atoms with Crippen molar-refractivity contribution >= 4 is 11.9 Å². The minimum Gasteiger partial charge on any atom is -0.466 e. The summed E-state index contributed by atoms with van der Waals surface area (Å²) < 4.78 is 10.4. The first-order valence-electron chi connectivity index (χ1n) is 12.5. The first kappa shape index (κ1) is 27.9. The third-order valence-corrected chi connectivity index (χ3v) is 5.28. The van der Waals surface area contributed by atoms with Crippen molar-refractivity contribution in [2.24, 2.45) is 0 Å². The Labute approximate surface area is 180 Å². The van der Waals surface area contributed by atoms with Crippen molar-refractivity contribution in [1.29, 1.82) is 0 Å². The molecule has 0 spiro atoms. The van der Waals surface area contributed by atoms with Crippen molar-refractivity contribution in [2.75, 3.05) is 13.2 Å². The van der Waals surface area contributed by atoms with Crippen LogP contribution >= 0.6 is 0 Å². The lowest BCUT2D eigenvalue weighted by Gasteiger charge is -2.06. The number of carbonyl (C=O) groups excluding carboxylic acids is 2. The Morgan fingerprint density at radius 3 is 1.17 bits per heavy atom. The number of ether oxygens (including phenoxy) is 2. The molecule has 0 radical (unpaired) electrons. The van der Waals surface area contributed by atoms with Gasteiger partial charge in [-0.15, -0.1) is 0 Å². The molecule has 172 valence electrons. The van der Waals surface area contributed by atoms with Gasteiger partial charge in [0.1, 0.15) is 0 Å². The topological polar surface area (TPSA) is 52.6 Å². The Kier molecular flexibility index (Phi) is 22.4. The fourth-order valence-corrected chi connectivity index (χ4v) is 3.35. The molecule has 29 heavy (non-hydrogen) atoms. The van der Waals surface area contributed by atoms with Crippen molar-refractivity contribution < 1.29 is 19.1 Å². The summed E-state index contributed by atoms with van der Waals surface area (Å²) in [5, 5.41) is 0. The quantitative estimate of drug-likeness (QED) is 0.136. The van der Waals surface area contributed by atoms with Crippen molar-refractivity contribution in [3.05, 3.63) is 0 Å². The van der Waals surface area contributed by atoms with Gasteiger partial charge < -0.3 is 9.47 Å². The summed E-state index contributed by atoms with van der Waals surface area (Å²) in [4.78, 5) is 23.2. The lowest BCUT2D eigenvalue weighted by molar-refractivity contribution is -0.146. The minimum atomic E-state index is -0.147. The minimum absolute atomic E-state index is 0.135. The first-order valence-corrected chi connectivity index (χ1v) is 12.5. The molecule has 0 aromatic rings. The summed E-state index contributed by atoms with van der Waals surface area (Å²) in [6.45, 7) is 5.44. The maximum atomic E-state index is 11.7. The average molecular weight is 413 g/mol. The van der Waals surface area contributed by atoms with E-state index in [1.807, 2.05) is 0 Å². The third kappa shape index (κ3) is 23.1. The monoisotopic (exact) mass is 412 g/mol. The highest BCUT2D eigenvalue weighted by Crippen LogP contribution is 2.12. The molecular formula is C25H48O4. The van der Waals surface area contributed by atoms with Crippen molar-refractivity contribution in [3.8, 4) is 0 Å². The summed E-state index contributed by atoms with van der Waals surface area (Å²) in [5.41, 5.74) is 0. The summed E-state index contributed by atoms with van der Waals surface area (Å²) in [7, 11) is 0. The molecule has 0 saturated carbocycles. The molecule has 0 atom stereocenters. The summed E-state index contributed by atoms with van der Waals surface area (Å²) in [6.07, 6.45) is 21.0. The van der Waals surface area contributed by atoms with Crippen LogP contribution in [0.1, 0.15) is 136 Å².